The van der Waals surface area contributed by atoms with Crippen LogP contribution in [0.25, 0.3) is 0 Å². The van der Waals surface area contributed by atoms with E-state index in [0.29, 0.717) is 30.2 Å². The first-order valence-corrected chi connectivity index (χ1v) is 11.8. The summed E-state index contributed by atoms with van der Waals surface area (Å²) in [4.78, 5) is 11.9. The number of ether oxygens (including phenoxy) is 2. The molecule has 1 aliphatic rings. The third-order valence-electron chi connectivity index (χ3n) is 4.36. The smallest absolute Gasteiger partial charge is 0.462 e. The van der Waals surface area contributed by atoms with E-state index >= 15 is 0 Å². The van der Waals surface area contributed by atoms with Crippen LogP contribution >= 0.6 is 11.8 Å². The minimum absolute atomic E-state index is 0.0265. The van der Waals surface area contributed by atoms with Crippen molar-refractivity contribution in [2.24, 2.45) is 5.16 Å². The van der Waals surface area contributed by atoms with E-state index in [9.17, 15) is 33.6 Å². The number of hydrogen-bond donors (Lipinski definition) is 5. The molecule has 5 atom stereocenters. The van der Waals surface area contributed by atoms with E-state index in [0.717, 1.165) is 0 Å². The molecule has 14 heteroatoms. The number of carbonyl (C=O) groups is 1. The summed E-state index contributed by atoms with van der Waals surface area (Å²) in [5.74, 6) is -0.495. The number of oxime groups is 1. The normalized spacial score (nSPS) is 26.5. The van der Waals surface area contributed by atoms with Gasteiger partial charge in [0, 0.05) is 0 Å². The summed E-state index contributed by atoms with van der Waals surface area (Å²) in [7, 11) is -4.89. The van der Waals surface area contributed by atoms with E-state index in [1.807, 2.05) is 0 Å². The number of aliphatic hydroxyl groups is 4. The van der Waals surface area contributed by atoms with Gasteiger partial charge in [-0.3, -0.25) is 4.55 Å². The first-order valence-electron chi connectivity index (χ1n) is 9.54. The zero-order chi connectivity index (χ0) is 23.7. The van der Waals surface area contributed by atoms with Crippen molar-refractivity contribution in [2.75, 3.05) is 13.2 Å². The number of esters is 1. The van der Waals surface area contributed by atoms with Gasteiger partial charge >= 0.3 is 16.4 Å². The van der Waals surface area contributed by atoms with Gasteiger partial charge in [-0.2, -0.15) is 8.42 Å². The molecule has 32 heavy (non-hydrogen) atoms. The first kappa shape index (κ1) is 26.5. The first-order chi connectivity index (χ1) is 15.1. The second kappa shape index (κ2) is 12.5. The fraction of sp³-hybridized carbons (Fsp3) is 0.556. The van der Waals surface area contributed by atoms with E-state index < -0.39 is 52.8 Å². The molecule has 1 fully saturated rings. The Morgan fingerprint density at radius 3 is 2.41 bits per heavy atom. The van der Waals surface area contributed by atoms with Gasteiger partial charge in [-0.1, -0.05) is 35.1 Å². The SMILES string of the molecule is O=C(OCCCCC(=NOS(=O)(=O)O)S[C@@H]1O[C@H](CO)[C@@H](O)[C@H](O)[C@H]1O)c1ccccc1. The standard InChI is InChI=1S/C18H25NO11S2/c20-10-12-14(21)15(22)16(23)18(29-12)31-13(19-30-32(25,26)27)8-4-5-9-28-17(24)11-6-2-1-3-7-11/h1-3,6-7,12,14-16,18,20-23H,4-5,8-10H2,(H,25,26,27)/t12-,14-,15+,16-,18+/m1/s1. The topological polar surface area (TPSA) is 192 Å². The minimum atomic E-state index is -4.89. The monoisotopic (exact) mass is 495 g/mol. The van der Waals surface area contributed by atoms with Crippen molar-refractivity contribution in [1.82, 2.24) is 0 Å². The van der Waals surface area contributed by atoms with E-state index in [-0.39, 0.29) is 18.1 Å². The van der Waals surface area contributed by atoms with E-state index in [4.69, 9.17) is 14.0 Å². The van der Waals surface area contributed by atoms with Crippen LogP contribution in [0.4, 0.5) is 0 Å². The Bertz CT molecular complexity index is 863. The van der Waals surface area contributed by atoms with Gasteiger partial charge in [0.15, 0.2) is 0 Å². The van der Waals surface area contributed by atoms with Crippen LogP contribution in [-0.4, -0.2) is 87.5 Å². The molecule has 180 valence electrons. The Hall–Kier alpha value is -1.78. The summed E-state index contributed by atoms with van der Waals surface area (Å²) in [6.45, 7) is -0.562. The van der Waals surface area contributed by atoms with Crippen LogP contribution in [-0.2, 0) is 24.2 Å². The lowest BCUT2D eigenvalue weighted by Gasteiger charge is -2.39. The summed E-state index contributed by atoms with van der Waals surface area (Å²) in [5, 5.41) is 42.4. The third kappa shape index (κ3) is 8.29. The molecule has 0 aromatic heterocycles. The molecular formula is C18H25NO11S2. The molecule has 0 amide bonds. The van der Waals surface area contributed by atoms with Crippen molar-refractivity contribution >= 4 is 33.2 Å². The van der Waals surface area contributed by atoms with Crippen molar-refractivity contribution < 1.29 is 51.9 Å². The number of aliphatic hydroxyl groups excluding tert-OH is 4. The lowest BCUT2D eigenvalue weighted by Crippen LogP contribution is -2.57. The van der Waals surface area contributed by atoms with Crippen molar-refractivity contribution in [3.63, 3.8) is 0 Å². The molecule has 1 aromatic rings. The van der Waals surface area contributed by atoms with Gasteiger partial charge in [-0.05, 0) is 31.4 Å². The molecular weight excluding hydrogens is 470 g/mol. The maximum atomic E-state index is 11.9. The number of benzene rings is 1. The van der Waals surface area contributed by atoms with Crippen LogP contribution < -0.4 is 0 Å². The maximum absolute atomic E-state index is 11.9. The zero-order valence-corrected chi connectivity index (χ0v) is 18.4. The van der Waals surface area contributed by atoms with Crippen molar-refractivity contribution in [3.8, 4) is 0 Å². The summed E-state index contributed by atoms with van der Waals surface area (Å²) in [5.41, 5.74) is -0.820. The summed E-state index contributed by atoms with van der Waals surface area (Å²) in [6.07, 6.45) is -5.12. The van der Waals surface area contributed by atoms with Gasteiger partial charge < -0.3 is 29.9 Å². The molecule has 5 N–H and O–H groups in total. The van der Waals surface area contributed by atoms with Gasteiger partial charge in [-0.15, -0.1) is 0 Å². The number of carbonyl (C=O) groups excluding carboxylic acids is 1. The minimum Gasteiger partial charge on any atom is -0.462 e. The summed E-state index contributed by atoms with van der Waals surface area (Å²) >= 11 is 0.688. The molecule has 1 saturated heterocycles. The molecule has 12 nitrogen and oxygen atoms in total. The van der Waals surface area contributed by atoms with Gasteiger partial charge in [0.05, 0.1) is 18.8 Å². The highest BCUT2D eigenvalue weighted by Crippen LogP contribution is 2.30. The average Bonchev–Trinajstić information content (AvgIpc) is 2.77. The van der Waals surface area contributed by atoms with Crippen LogP contribution in [0.1, 0.15) is 29.6 Å². The highest BCUT2D eigenvalue weighted by atomic mass is 32.3. The Kier molecular flexibility index (Phi) is 10.3. The number of hydrogen-bond acceptors (Lipinski definition) is 12. The predicted octanol–water partition coefficient (Wildman–Crippen LogP) is -0.320. The average molecular weight is 496 g/mol. The van der Waals surface area contributed by atoms with E-state index in [1.54, 1.807) is 30.3 Å². The Morgan fingerprint density at radius 2 is 1.78 bits per heavy atom. The Morgan fingerprint density at radius 1 is 1.09 bits per heavy atom. The molecule has 0 bridgehead atoms. The Labute approximate surface area is 188 Å². The lowest BCUT2D eigenvalue weighted by molar-refractivity contribution is -0.205. The summed E-state index contributed by atoms with van der Waals surface area (Å²) in [6, 6.07) is 8.38. The fourth-order valence-corrected chi connectivity index (χ4v) is 4.05. The van der Waals surface area contributed by atoms with E-state index in [2.05, 4.69) is 9.44 Å². The highest BCUT2D eigenvalue weighted by molar-refractivity contribution is 8.14. The lowest BCUT2D eigenvalue weighted by atomic mass is 10.0. The van der Waals surface area contributed by atoms with Crippen molar-refractivity contribution in [2.45, 2.75) is 49.1 Å². The molecule has 1 aliphatic heterocycles. The molecule has 0 spiro atoms. The van der Waals surface area contributed by atoms with Gasteiger partial charge in [0.2, 0.25) is 0 Å². The highest BCUT2D eigenvalue weighted by Gasteiger charge is 2.44. The number of unbranched alkanes of at least 4 members (excludes halogenated alkanes) is 1. The van der Waals surface area contributed by atoms with Crippen LogP contribution in [0.3, 0.4) is 0 Å². The van der Waals surface area contributed by atoms with Gasteiger partial charge in [0.25, 0.3) is 0 Å². The number of nitrogens with zero attached hydrogens (tertiary/aromatic N) is 1. The number of rotatable bonds is 10. The number of thioether (sulfide) groups is 1. The van der Waals surface area contributed by atoms with Crippen molar-refractivity contribution in [3.05, 3.63) is 35.9 Å². The third-order valence-corrected chi connectivity index (χ3v) is 5.80. The molecule has 2 rings (SSSR count). The molecule has 0 unspecified atom stereocenters. The van der Waals surface area contributed by atoms with Crippen LogP contribution in [0, 0.1) is 0 Å². The molecule has 0 aliphatic carbocycles. The fourth-order valence-electron chi connectivity index (χ4n) is 2.71. The maximum Gasteiger partial charge on any atom is 0.466 e. The second-order valence-corrected chi connectivity index (χ2v) is 8.94. The van der Waals surface area contributed by atoms with Crippen molar-refractivity contribution in [1.29, 1.82) is 0 Å². The predicted molar refractivity (Wildman–Crippen MR) is 112 cm³/mol. The zero-order valence-electron chi connectivity index (χ0n) is 16.8. The quantitative estimate of drug-likeness (QED) is 0.0710. The molecule has 1 aromatic carbocycles. The largest absolute Gasteiger partial charge is 0.466 e. The van der Waals surface area contributed by atoms with Gasteiger partial charge in [-0.25, -0.2) is 9.08 Å². The van der Waals surface area contributed by atoms with E-state index in [1.165, 1.54) is 0 Å². The van der Waals surface area contributed by atoms with Gasteiger partial charge in [0.1, 0.15) is 34.9 Å². The van der Waals surface area contributed by atoms with Crippen LogP contribution in [0.2, 0.25) is 0 Å². The van der Waals surface area contributed by atoms with Crippen LogP contribution in [0.5, 0.6) is 0 Å². The molecule has 1 heterocycles. The Balaban J connectivity index is 1.92. The van der Waals surface area contributed by atoms with Crippen LogP contribution in [0.15, 0.2) is 35.5 Å². The summed E-state index contributed by atoms with van der Waals surface area (Å²) < 4.78 is 44.9. The second-order valence-electron chi connectivity index (χ2n) is 6.76. The molecule has 0 saturated carbocycles. The molecule has 0 radical (unpaired) electrons.